The predicted molar refractivity (Wildman–Crippen MR) is 93.1 cm³/mol. The van der Waals surface area contributed by atoms with Crippen LogP contribution in [-0.2, 0) is 18.6 Å². The average molecular weight is 336 g/mol. The second kappa shape index (κ2) is 7.07. The zero-order chi connectivity index (χ0) is 17.2. The summed E-state index contributed by atoms with van der Waals surface area (Å²) in [5.74, 6) is -0.364. The van der Waals surface area contributed by atoms with Crippen molar-refractivity contribution in [2.75, 3.05) is 0 Å². The third kappa shape index (κ3) is 4.37. The van der Waals surface area contributed by atoms with Gasteiger partial charge in [0.1, 0.15) is 5.82 Å². The van der Waals surface area contributed by atoms with Gasteiger partial charge in [-0.05, 0) is 31.5 Å². The fraction of sp³-hybridized carbons (Fsp3) is 0.500. The van der Waals surface area contributed by atoms with Crippen molar-refractivity contribution in [2.45, 2.75) is 59.2 Å². The summed E-state index contributed by atoms with van der Waals surface area (Å²) in [6.07, 6.45) is 0. The molecule has 0 aliphatic carbocycles. The summed E-state index contributed by atoms with van der Waals surface area (Å²) >= 11 is 1.75. The van der Waals surface area contributed by atoms with Gasteiger partial charge < -0.3 is 10.4 Å². The van der Waals surface area contributed by atoms with Crippen LogP contribution >= 0.6 is 11.3 Å². The van der Waals surface area contributed by atoms with Crippen molar-refractivity contribution in [3.63, 3.8) is 0 Å². The Morgan fingerprint density at radius 2 is 2.04 bits per heavy atom. The first-order valence-corrected chi connectivity index (χ1v) is 8.63. The molecular weight excluding hydrogens is 311 g/mol. The number of nitrogens with zero attached hydrogens (tertiary/aromatic N) is 1. The Kier molecular flexibility index (Phi) is 5.55. The number of thiazole rings is 1. The van der Waals surface area contributed by atoms with E-state index in [9.17, 15) is 4.39 Å². The first kappa shape index (κ1) is 18.0. The molecule has 0 aliphatic rings. The highest BCUT2D eigenvalue weighted by atomic mass is 32.1. The summed E-state index contributed by atoms with van der Waals surface area (Å²) in [5, 5.41) is 13.7. The third-order valence-corrected chi connectivity index (χ3v) is 5.53. The molecule has 126 valence electrons. The number of aliphatic hydroxyl groups is 1. The molecule has 5 heteroatoms. The first-order chi connectivity index (χ1) is 10.7. The molecule has 0 fully saturated rings. The van der Waals surface area contributed by atoms with Crippen LogP contribution < -0.4 is 5.32 Å². The topological polar surface area (TPSA) is 45.2 Å². The maximum atomic E-state index is 13.4. The molecular formula is C18H25FN2OS. The van der Waals surface area contributed by atoms with Gasteiger partial charge in [0, 0.05) is 28.4 Å². The Hall–Kier alpha value is -1.30. The highest BCUT2D eigenvalue weighted by Crippen LogP contribution is 2.32. The van der Waals surface area contributed by atoms with Gasteiger partial charge in [0.2, 0.25) is 0 Å². The van der Waals surface area contributed by atoms with Crippen LogP contribution in [0.5, 0.6) is 0 Å². The van der Waals surface area contributed by atoms with Gasteiger partial charge >= 0.3 is 0 Å². The Balaban J connectivity index is 2.08. The summed E-state index contributed by atoms with van der Waals surface area (Å²) < 4.78 is 13.4. The van der Waals surface area contributed by atoms with Gasteiger partial charge in [-0.3, -0.25) is 0 Å². The minimum Gasteiger partial charge on any atom is -0.392 e. The highest BCUT2D eigenvalue weighted by molar-refractivity contribution is 7.12. The molecule has 2 N–H and O–H groups in total. The zero-order valence-corrected chi connectivity index (χ0v) is 15.2. The largest absolute Gasteiger partial charge is 0.392 e. The number of nitrogens with one attached hydrogen (secondary N) is 1. The smallest absolute Gasteiger partial charge is 0.128 e. The number of benzene rings is 1. The molecule has 1 aromatic heterocycles. The molecule has 0 radical (unpaired) electrons. The Morgan fingerprint density at radius 1 is 1.35 bits per heavy atom. The Morgan fingerprint density at radius 3 is 2.61 bits per heavy atom. The lowest BCUT2D eigenvalue weighted by Crippen LogP contribution is -2.18. The summed E-state index contributed by atoms with van der Waals surface area (Å²) in [5.41, 5.74) is 2.41. The lowest BCUT2D eigenvalue weighted by atomic mass is 9.98. The molecule has 0 spiro atoms. The summed E-state index contributed by atoms with van der Waals surface area (Å²) in [7, 11) is 0. The number of aromatic nitrogens is 1. The van der Waals surface area contributed by atoms with E-state index in [0.29, 0.717) is 12.1 Å². The summed E-state index contributed by atoms with van der Waals surface area (Å²) in [4.78, 5) is 5.93. The van der Waals surface area contributed by atoms with Crippen LogP contribution in [0.15, 0.2) is 18.2 Å². The molecule has 0 saturated heterocycles. The molecule has 1 unspecified atom stereocenters. The minimum atomic E-state index is -0.364. The molecule has 0 bridgehead atoms. The Bertz CT molecular complexity index is 676. The maximum Gasteiger partial charge on any atom is 0.128 e. The number of aryl methyl sites for hydroxylation is 1. The van der Waals surface area contributed by atoms with Gasteiger partial charge in [-0.15, -0.1) is 11.3 Å². The van der Waals surface area contributed by atoms with E-state index in [0.717, 1.165) is 16.3 Å². The fourth-order valence-corrected chi connectivity index (χ4v) is 3.50. The van der Waals surface area contributed by atoms with E-state index < -0.39 is 0 Å². The van der Waals surface area contributed by atoms with Crippen molar-refractivity contribution in [3.8, 4) is 0 Å². The van der Waals surface area contributed by atoms with Crippen LogP contribution in [0.4, 0.5) is 4.39 Å². The first-order valence-electron chi connectivity index (χ1n) is 7.81. The second-order valence-corrected chi connectivity index (χ2v) is 7.94. The van der Waals surface area contributed by atoms with Crippen LogP contribution in [0.1, 0.15) is 60.4 Å². The van der Waals surface area contributed by atoms with E-state index in [2.05, 4.69) is 33.0 Å². The van der Waals surface area contributed by atoms with E-state index in [-0.39, 0.29) is 23.9 Å². The van der Waals surface area contributed by atoms with Gasteiger partial charge in [-0.1, -0.05) is 26.8 Å². The van der Waals surface area contributed by atoms with Crippen molar-refractivity contribution in [2.24, 2.45) is 0 Å². The van der Waals surface area contributed by atoms with Gasteiger partial charge in [0.15, 0.2) is 0 Å². The van der Waals surface area contributed by atoms with E-state index in [1.54, 1.807) is 23.5 Å². The molecule has 0 saturated carbocycles. The van der Waals surface area contributed by atoms with Gasteiger partial charge in [0.05, 0.1) is 17.3 Å². The third-order valence-electron chi connectivity index (χ3n) is 3.76. The number of halogens is 1. The number of aliphatic hydroxyl groups excluding tert-OH is 1. The van der Waals surface area contributed by atoms with E-state index >= 15 is 0 Å². The van der Waals surface area contributed by atoms with Crippen molar-refractivity contribution < 1.29 is 9.50 Å². The number of rotatable bonds is 5. The van der Waals surface area contributed by atoms with Crippen LogP contribution in [0.25, 0.3) is 0 Å². The predicted octanol–water partition coefficient (Wildman–Crippen LogP) is 4.23. The monoisotopic (exact) mass is 336 g/mol. The fourth-order valence-electron chi connectivity index (χ4n) is 2.35. The van der Waals surface area contributed by atoms with Crippen molar-refractivity contribution in [3.05, 3.63) is 50.7 Å². The second-order valence-electron chi connectivity index (χ2n) is 6.91. The zero-order valence-electron chi connectivity index (χ0n) is 14.4. The summed E-state index contributed by atoms with van der Waals surface area (Å²) in [6.45, 7) is 11.0. The maximum absolute atomic E-state index is 13.4. The molecule has 3 nitrogen and oxygen atoms in total. The quantitative estimate of drug-likeness (QED) is 0.859. The van der Waals surface area contributed by atoms with Crippen LogP contribution in [0.3, 0.4) is 0 Å². The van der Waals surface area contributed by atoms with Gasteiger partial charge in [0.25, 0.3) is 0 Å². The molecule has 1 atom stereocenters. The van der Waals surface area contributed by atoms with Crippen LogP contribution in [0, 0.1) is 12.7 Å². The van der Waals surface area contributed by atoms with Crippen molar-refractivity contribution in [1.29, 1.82) is 0 Å². The molecule has 0 amide bonds. The van der Waals surface area contributed by atoms with E-state index in [4.69, 9.17) is 10.1 Å². The van der Waals surface area contributed by atoms with E-state index in [1.165, 1.54) is 10.9 Å². The Labute approximate surface area is 141 Å². The molecule has 2 aromatic rings. The highest BCUT2D eigenvalue weighted by Gasteiger charge is 2.22. The SMILES string of the molecule is Cc1nc(C(C)(C)C)sc1C(C)NCc1ccc(F)c(CO)c1. The average Bonchev–Trinajstić information content (AvgIpc) is 2.88. The van der Waals surface area contributed by atoms with Gasteiger partial charge in [-0.2, -0.15) is 0 Å². The van der Waals surface area contributed by atoms with E-state index in [1.807, 2.05) is 6.92 Å². The van der Waals surface area contributed by atoms with Gasteiger partial charge in [-0.25, -0.2) is 9.37 Å². The molecule has 0 aliphatic heterocycles. The van der Waals surface area contributed by atoms with Crippen molar-refractivity contribution in [1.82, 2.24) is 10.3 Å². The molecule has 23 heavy (non-hydrogen) atoms. The number of hydrogen-bond donors (Lipinski definition) is 2. The lowest BCUT2D eigenvalue weighted by molar-refractivity contribution is 0.275. The van der Waals surface area contributed by atoms with Crippen LogP contribution in [0.2, 0.25) is 0 Å². The molecule has 1 heterocycles. The molecule has 2 rings (SSSR count). The van der Waals surface area contributed by atoms with Crippen LogP contribution in [-0.4, -0.2) is 10.1 Å². The minimum absolute atomic E-state index is 0.0559. The van der Waals surface area contributed by atoms with Crippen molar-refractivity contribution >= 4 is 11.3 Å². The normalized spacial score (nSPS) is 13.3. The standard InChI is InChI=1S/C18H25FN2OS/c1-11(16-12(2)21-17(23-16)18(3,4)5)20-9-13-6-7-15(19)14(8-13)10-22/h6-8,11,20,22H,9-10H2,1-5H3. The summed E-state index contributed by atoms with van der Waals surface area (Å²) in [6, 6.07) is 5.03. The lowest BCUT2D eigenvalue weighted by Gasteiger charge is -2.15. The number of hydrogen-bond acceptors (Lipinski definition) is 4. The molecule has 1 aromatic carbocycles.